The molecule has 2 aromatic carbocycles. The molecule has 0 unspecified atom stereocenters. The van der Waals surface area contributed by atoms with Crippen molar-refractivity contribution in [2.75, 3.05) is 0 Å². The molecule has 9 heteroatoms. The Morgan fingerprint density at radius 2 is 1.62 bits per heavy atom. The predicted molar refractivity (Wildman–Crippen MR) is 115 cm³/mol. The Bertz CT molecular complexity index is 988. The van der Waals surface area contributed by atoms with Crippen LogP contribution in [0.1, 0.15) is 18.1 Å². The fraction of sp³-hybridized carbons (Fsp3) is 0.118. The highest BCUT2D eigenvalue weighted by molar-refractivity contribution is 7.99. The van der Waals surface area contributed by atoms with E-state index in [9.17, 15) is 8.42 Å². The number of sulfone groups is 1. The van der Waals surface area contributed by atoms with Crippen molar-refractivity contribution < 1.29 is 8.42 Å². The smallest absolute Gasteiger partial charge is 0.184 e. The number of hydrogen-bond donors (Lipinski definition) is 1. The number of nitrogens with one attached hydrogen (secondary N) is 1. The van der Waals surface area contributed by atoms with E-state index in [-0.39, 0.29) is 20.7 Å². The zero-order valence-electron chi connectivity index (χ0n) is 13.4. The van der Waals surface area contributed by atoms with Crippen LogP contribution in [0.15, 0.2) is 42.6 Å². The number of thiocarbonyl (C=S) groups is 1. The van der Waals surface area contributed by atoms with Crippen molar-refractivity contribution >= 4 is 78.4 Å². The van der Waals surface area contributed by atoms with Gasteiger partial charge in [-0.25, -0.2) is 8.42 Å². The van der Waals surface area contributed by atoms with E-state index < -0.39 is 9.84 Å². The van der Waals surface area contributed by atoms with Gasteiger partial charge in [-0.2, -0.15) is 0 Å². The fourth-order valence-corrected chi connectivity index (χ4v) is 4.86. The summed E-state index contributed by atoms with van der Waals surface area (Å²) >= 11 is 29.1. The van der Waals surface area contributed by atoms with Crippen LogP contribution in [-0.2, 0) is 15.6 Å². The van der Waals surface area contributed by atoms with Crippen LogP contribution in [0.3, 0.4) is 0 Å². The monoisotopic (exact) mass is 467 g/mol. The van der Waals surface area contributed by atoms with Gasteiger partial charge in [0.25, 0.3) is 0 Å². The summed E-state index contributed by atoms with van der Waals surface area (Å²) in [6, 6.07) is 9.22. The summed E-state index contributed by atoms with van der Waals surface area (Å²) in [6.07, 6.45) is 1.32. The zero-order valence-corrected chi connectivity index (χ0v) is 18.1. The van der Waals surface area contributed by atoms with Gasteiger partial charge in [0, 0.05) is 26.8 Å². The van der Waals surface area contributed by atoms with Crippen molar-refractivity contribution in [1.82, 2.24) is 5.32 Å². The Kier molecular flexibility index (Phi) is 7.36. The zero-order chi connectivity index (χ0) is 19.5. The van der Waals surface area contributed by atoms with Crippen LogP contribution < -0.4 is 5.32 Å². The maximum absolute atomic E-state index is 13.1. The third-order valence-corrected chi connectivity index (χ3v) is 6.25. The van der Waals surface area contributed by atoms with E-state index in [1.165, 1.54) is 24.4 Å². The molecule has 3 nitrogen and oxygen atoms in total. The number of hydrogen-bond acceptors (Lipinski definition) is 3. The summed E-state index contributed by atoms with van der Waals surface area (Å²) in [6.45, 7) is 1.63. The molecule has 2 rings (SSSR count). The molecule has 0 saturated carbocycles. The largest absolute Gasteiger partial charge is 0.355 e. The molecule has 0 amide bonds. The first kappa shape index (κ1) is 21.5. The molecule has 0 spiro atoms. The standard InChI is InChI=1S/C17H13Cl4NO2S2/c1-10(25)22-8-17(14-5-4-13(19)7-16(14)21)26(23,24)9-11-2-3-12(18)6-15(11)20/h2-8H,9H2,1H3,(H,22,25). The minimum Gasteiger partial charge on any atom is -0.355 e. The maximum atomic E-state index is 13.1. The van der Waals surface area contributed by atoms with Gasteiger partial charge in [0.1, 0.15) is 0 Å². The van der Waals surface area contributed by atoms with Crippen molar-refractivity contribution in [2.24, 2.45) is 0 Å². The maximum Gasteiger partial charge on any atom is 0.184 e. The van der Waals surface area contributed by atoms with E-state index in [0.717, 1.165) is 0 Å². The predicted octanol–water partition coefficient (Wildman–Crippen LogP) is 6.15. The molecule has 26 heavy (non-hydrogen) atoms. The molecule has 2 aromatic rings. The highest BCUT2D eigenvalue weighted by atomic mass is 35.5. The lowest BCUT2D eigenvalue weighted by molar-refractivity contribution is 0.605. The molecule has 0 atom stereocenters. The van der Waals surface area contributed by atoms with E-state index in [1.54, 1.807) is 25.1 Å². The molecule has 0 saturated heterocycles. The molecule has 0 bridgehead atoms. The minimum absolute atomic E-state index is 0.0191. The van der Waals surface area contributed by atoms with Crippen molar-refractivity contribution in [2.45, 2.75) is 12.7 Å². The van der Waals surface area contributed by atoms with Crippen LogP contribution >= 0.6 is 58.6 Å². The molecule has 1 N–H and O–H groups in total. The summed E-state index contributed by atoms with van der Waals surface area (Å²) in [5, 5.41) is 4.04. The van der Waals surface area contributed by atoms with Crippen molar-refractivity contribution in [3.8, 4) is 0 Å². The van der Waals surface area contributed by atoms with Gasteiger partial charge in [-0.1, -0.05) is 70.8 Å². The molecule has 0 aliphatic carbocycles. The summed E-state index contributed by atoms with van der Waals surface area (Å²) < 4.78 is 26.1. The topological polar surface area (TPSA) is 46.2 Å². The molecule has 0 radical (unpaired) electrons. The Labute approximate surface area is 177 Å². The second kappa shape index (κ2) is 8.91. The lowest BCUT2D eigenvalue weighted by atomic mass is 10.2. The summed E-state index contributed by atoms with van der Waals surface area (Å²) in [5.41, 5.74) is 0.732. The van der Waals surface area contributed by atoms with E-state index in [0.29, 0.717) is 26.2 Å². The lowest BCUT2D eigenvalue weighted by Gasteiger charge is -2.13. The summed E-state index contributed by atoms with van der Waals surface area (Å²) in [7, 11) is -3.81. The van der Waals surface area contributed by atoms with Crippen LogP contribution in [-0.4, -0.2) is 13.4 Å². The average Bonchev–Trinajstić information content (AvgIpc) is 2.51. The first-order valence-electron chi connectivity index (χ1n) is 7.19. The number of benzene rings is 2. The molecule has 0 fully saturated rings. The van der Waals surface area contributed by atoms with Crippen molar-refractivity contribution in [1.29, 1.82) is 0 Å². The van der Waals surface area contributed by atoms with Crippen LogP contribution in [0.25, 0.3) is 4.91 Å². The summed E-state index contributed by atoms with van der Waals surface area (Å²) in [4.78, 5) is 0.390. The third kappa shape index (κ3) is 5.59. The highest BCUT2D eigenvalue weighted by Gasteiger charge is 2.24. The van der Waals surface area contributed by atoms with Gasteiger partial charge >= 0.3 is 0 Å². The molecule has 0 aliphatic rings. The van der Waals surface area contributed by atoms with Crippen LogP contribution in [0.2, 0.25) is 20.1 Å². The summed E-state index contributed by atoms with van der Waals surface area (Å²) in [5.74, 6) is -0.327. The SMILES string of the molecule is CC(=S)NC=C(c1ccc(Cl)cc1Cl)S(=O)(=O)Cc1ccc(Cl)cc1Cl. The Hall–Kier alpha value is -0.820. The second-order valence-electron chi connectivity index (χ2n) is 5.33. The van der Waals surface area contributed by atoms with Gasteiger partial charge < -0.3 is 5.32 Å². The molecule has 0 heterocycles. The van der Waals surface area contributed by atoms with Gasteiger partial charge in [-0.3, -0.25) is 0 Å². The first-order valence-corrected chi connectivity index (χ1v) is 10.8. The minimum atomic E-state index is -3.81. The molecule has 0 aromatic heterocycles. The van der Waals surface area contributed by atoms with Gasteiger partial charge in [-0.15, -0.1) is 0 Å². The first-order chi connectivity index (χ1) is 12.1. The molecule has 0 aliphatic heterocycles. The normalized spacial score (nSPS) is 12.1. The Morgan fingerprint density at radius 3 is 2.15 bits per heavy atom. The van der Waals surface area contributed by atoms with Crippen molar-refractivity contribution in [3.05, 3.63) is 73.8 Å². The van der Waals surface area contributed by atoms with Gasteiger partial charge in [-0.05, 0) is 36.8 Å². The quantitative estimate of drug-likeness (QED) is 0.534. The third-order valence-electron chi connectivity index (χ3n) is 3.30. The Balaban J connectivity index is 2.52. The van der Waals surface area contributed by atoms with E-state index in [1.807, 2.05) is 0 Å². The molecule has 138 valence electrons. The number of halogens is 4. The fourth-order valence-electron chi connectivity index (χ4n) is 2.11. The van der Waals surface area contributed by atoms with E-state index in [2.05, 4.69) is 5.32 Å². The van der Waals surface area contributed by atoms with Crippen LogP contribution in [0, 0.1) is 0 Å². The van der Waals surface area contributed by atoms with E-state index in [4.69, 9.17) is 58.6 Å². The lowest BCUT2D eigenvalue weighted by Crippen LogP contribution is -2.15. The van der Waals surface area contributed by atoms with Gasteiger partial charge in [0.2, 0.25) is 0 Å². The van der Waals surface area contributed by atoms with Crippen molar-refractivity contribution in [3.63, 3.8) is 0 Å². The highest BCUT2D eigenvalue weighted by Crippen LogP contribution is 2.33. The van der Waals surface area contributed by atoms with E-state index >= 15 is 0 Å². The second-order valence-corrected chi connectivity index (χ2v) is 9.59. The Morgan fingerprint density at radius 1 is 1.04 bits per heavy atom. The molecular formula is C17H13Cl4NO2S2. The van der Waals surface area contributed by atoms with Gasteiger partial charge in [0.15, 0.2) is 9.84 Å². The molecular weight excluding hydrogens is 456 g/mol. The average molecular weight is 469 g/mol. The van der Waals surface area contributed by atoms with Crippen LogP contribution in [0.5, 0.6) is 0 Å². The van der Waals surface area contributed by atoms with Crippen LogP contribution in [0.4, 0.5) is 0 Å². The number of rotatable bonds is 5. The van der Waals surface area contributed by atoms with Gasteiger partial charge in [0.05, 0.1) is 20.7 Å².